The van der Waals surface area contributed by atoms with Crippen molar-refractivity contribution in [3.63, 3.8) is 0 Å². The monoisotopic (exact) mass is 334 g/mol. The fourth-order valence-corrected chi connectivity index (χ4v) is 3.65. The smallest absolute Gasteiger partial charge is 0.201 e. The predicted molar refractivity (Wildman–Crippen MR) is 99.7 cm³/mol. The largest absolute Gasteiger partial charge is 0.369 e. The van der Waals surface area contributed by atoms with Gasteiger partial charge in [0.15, 0.2) is 5.78 Å². The van der Waals surface area contributed by atoms with Crippen LogP contribution in [0.15, 0.2) is 48.5 Å². The number of ketones is 1. The Balaban J connectivity index is 1.72. The van der Waals surface area contributed by atoms with Crippen LogP contribution in [0.2, 0.25) is 0 Å². The highest BCUT2D eigenvalue weighted by molar-refractivity contribution is 6.10. The number of anilines is 1. The van der Waals surface area contributed by atoms with Crippen LogP contribution in [0.25, 0.3) is 11.0 Å². The van der Waals surface area contributed by atoms with Gasteiger partial charge in [0.25, 0.3) is 0 Å². The number of carbonyl (C=O) groups is 1. The van der Waals surface area contributed by atoms with Gasteiger partial charge in [-0.25, -0.2) is 4.98 Å². The summed E-state index contributed by atoms with van der Waals surface area (Å²) < 4.78 is 2.05. The maximum Gasteiger partial charge on any atom is 0.201 e. The number of imidazole rings is 1. The minimum Gasteiger partial charge on any atom is -0.369 e. The lowest BCUT2D eigenvalue weighted by Crippen LogP contribution is -2.29. The number of benzene rings is 2. The van der Waals surface area contributed by atoms with Crippen molar-refractivity contribution in [2.45, 2.75) is 25.4 Å². The number of nitrogens with zero attached hydrogens (tertiary/aromatic N) is 3. The van der Waals surface area contributed by atoms with Crippen LogP contribution in [0.5, 0.6) is 0 Å². The van der Waals surface area contributed by atoms with Gasteiger partial charge in [-0.3, -0.25) is 4.79 Å². The standard InChI is InChI=1S/C20H22N4O/c1-23-11-5-8-16(23)13-24-18-12-15(9-10-17(18)22-20(24)21)19(25)14-6-3-2-4-7-14/h2-4,6-7,9-10,12,16H,5,8,11,13H2,1H3,(H2,21,22)/t16-/m1/s1. The summed E-state index contributed by atoms with van der Waals surface area (Å²) in [6.07, 6.45) is 2.38. The van der Waals surface area contributed by atoms with E-state index in [0.717, 1.165) is 30.5 Å². The Morgan fingerprint density at radius 3 is 2.72 bits per heavy atom. The van der Waals surface area contributed by atoms with E-state index in [9.17, 15) is 4.79 Å². The molecule has 25 heavy (non-hydrogen) atoms. The summed E-state index contributed by atoms with van der Waals surface area (Å²) in [4.78, 5) is 19.6. The second-order valence-electron chi connectivity index (χ2n) is 6.76. The first kappa shape index (κ1) is 15.8. The molecule has 0 saturated carbocycles. The number of hydrogen-bond acceptors (Lipinski definition) is 4. The molecule has 5 nitrogen and oxygen atoms in total. The molecule has 1 aliphatic rings. The molecule has 3 aromatic rings. The highest BCUT2D eigenvalue weighted by Crippen LogP contribution is 2.24. The molecule has 0 bridgehead atoms. The van der Waals surface area contributed by atoms with Crippen LogP contribution in [0.1, 0.15) is 28.8 Å². The highest BCUT2D eigenvalue weighted by Gasteiger charge is 2.23. The second kappa shape index (κ2) is 6.33. The van der Waals surface area contributed by atoms with Crippen LogP contribution in [0.4, 0.5) is 5.95 Å². The first-order valence-electron chi connectivity index (χ1n) is 8.69. The van der Waals surface area contributed by atoms with E-state index in [-0.39, 0.29) is 5.78 Å². The molecule has 0 aliphatic carbocycles. The minimum absolute atomic E-state index is 0.0202. The summed E-state index contributed by atoms with van der Waals surface area (Å²) >= 11 is 0. The van der Waals surface area contributed by atoms with Crippen LogP contribution < -0.4 is 5.73 Å². The number of likely N-dealkylation sites (N-methyl/N-ethyl adjacent to an activating group) is 1. The van der Waals surface area contributed by atoms with Gasteiger partial charge in [-0.15, -0.1) is 0 Å². The zero-order valence-corrected chi connectivity index (χ0v) is 14.4. The van der Waals surface area contributed by atoms with Crippen molar-refractivity contribution in [3.05, 3.63) is 59.7 Å². The number of fused-ring (bicyclic) bond motifs is 1. The van der Waals surface area contributed by atoms with E-state index in [1.165, 1.54) is 6.42 Å². The van der Waals surface area contributed by atoms with Crippen molar-refractivity contribution in [2.75, 3.05) is 19.3 Å². The van der Waals surface area contributed by atoms with Crippen LogP contribution in [-0.4, -0.2) is 39.9 Å². The third kappa shape index (κ3) is 2.91. The van der Waals surface area contributed by atoms with Crippen LogP contribution in [0.3, 0.4) is 0 Å². The fourth-order valence-electron chi connectivity index (χ4n) is 3.65. The quantitative estimate of drug-likeness (QED) is 0.745. The Labute approximate surface area is 147 Å². The maximum atomic E-state index is 12.7. The molecule has 128 valence electrons. The van der Waals surface area contributed by atoms with Gasteiger partial charge in [0, 0.05) is 23.7 Å². The number of likely N-dealkylation sites (tertiary alicyclic amines) is 1. The summed E-state index contributed by atoms with van der Waals surface area (Å²) in [5.74, 6) is 0.534. The van der Waals surface area contributed by atoms with Gasteiger partial charge < -0.3 is 15.2 Å². The van der Waals surface area contributed by atoms with Crippen molar-refractivity contribution in [1.82, 2.24) is 14.5 Å². The average molecular weight is 334 g/mol. The van der Waals surface area contributed by atoms with Gasteiger partial charge in [0.1, 0.15) is 0 Å². The molecule has 0 unspecified atom stereocenters. The molecule has 0 radical (unpaired) electrons. The Morgan fingerprint density at radius 2 is 2.00 bits per heavy atom. The van der Waals surface area contributed by atoms with Crippen molar-refractivity contribution < 1.29 is 4.79 Å². The fraction of sp³-hybridized carbons (Fsp3) is 0.300. The van der Waals surface area contributed by atoms with E-state index < -0.39 is 0 Å². The van der Waals surface area contributed by atoms with Crippen molar-refractivity contribution in [2.24, 2.45) is 0 Å². The minimum atomic E-state index is 0.0202. The maximum absolute atomic E-state index is 12.7. The lowest BCUT2D eigenvalue weighted by molar-refractivity contribution is 0.103. The van der Waals surface area contributed by atoms with Gasteiger partial charge >= 0.3 is 0 Å². The lowest BCUT2D eigenvalue weighted by atomic mass is 10.0. The molecular formula is C20H22N4O. The number of nitrogen functional groups attached to an aromatic ring is 1. The van der Waals surface area contributed by atoms with Crippen LogP contribution >= 0.6 is 0 Å². The predicted octanol–water partition coefficient (Wildman–Crippen LogP) is 2.94. The summed E-state index contributed by atoms with van der Waals surface area (Å²) in [5, 5.41) is 0. The lowest BCUT2D eigenvalue weighted by Gasteiger charge is -2.20. The molecule has 1 aliphatic heterocycles. The Bertz CT molecular complexity index is 916. The summed E-state index contributed by atoms with van der Waals surface area (Å²) in [7, 11) is 2.15. The third-order valence-electron chi connectivity index (χ3n) is 5.14. The van der Waals surface area contributed by atoms with E-state index in [0.29, 0.717) is 23.1 Å². The Hall–Kier alpha value is -2.66. The van der Waals surface area contributed by atoms with Crippen LogP contribution in [0, 0.1) is 0 Å². The van der Waals surface area contributed by atoms with Gasteiger partial charge in [-0.1, -0.05) is 30.3 Å². The molecule has 0 amide bonds. The molecule has 1 fully saturated rings. The molecule has 5 heteroatoms. The van der Waals surface area contributed by atoms with E-state index in [1.54, 1.807) is 0 Å². The number of carbonyl (C=O) groups excluding carboxylic acids is 1. The van der Waals surface area contributed by atoms with Gasteiger partial charge in [-0.05, 0) is 44.6 Å². The summed E-state index contributed by atoms with van der Waals surface area (Å²) in [5.41, 5.74) is 9.29. The van der Waals surface area contributed by atoms with E-state index in [2.05, 4.69) is 16.9 Å². The first-order chi connectivity index (χ1) is 12.1. The van der Waals surface area contributed by atoms with Crippen molar-refractivity contribution in [1.29, 1.82) is 0 Å². The molecule has 2 heterocycles. The molecule has 1 aromatic heterocycles. The van der Waals surface area contributed by atoms with E-state index in [4.69, 9.17) is 5.73 Å². The third-order valence-corrected chi connectivity index (χ3v) is 5.14. The Morgan fingerprint density at radius 1 is 1.20 bits per heavy atom. The SMILES string of the molecule is CN1CCC[C@@H]1Cn1c(N)nc2ccc(C(=O)c3ccccc3)cc21. The van der Waals surface area contributed by atoms with Gasteiger partial charge in [0.05, 0.1) is 11.0 Å². The number of hydrogen-bond donors (Lipinski definition) is 1. The molecule has 2 aromatic carbocycles. The van der Waals surface area contributed by atoms with Gasteiger partial charge in [-0.2, -0.15) is 0 Å². The van der Waals surface area contributed by atoms with E-state index >= 15 is 0 Å². The molecular weight excluding hydrogens is 312 g/mol. The molecule has 2 N–H and O–H groups in total. The van der Waals surface area contributed by atoms with E-state index in [1.807, 2.05) is 53.1 Å². The zero-order valence-electron chi connectivity index (χ0n) is 14.4. The Kier molecular flexibility index (Phi) is 4.01. The van der Waals surface area contributed by atoms with Gasteiger partial charge in [0.2, 0.25) is 5.95 Å². The highest BCUT2D eigenvalue weighted by atomic mass is 16.1. The van der Waals surface area contributed by atoms with Crippen molar-refractivity contribution in [3.8, 4) is 0 Å². The average Bonchev–Trinajstić information content (AvgIpc) is 3.18. The number of aromatic nitrogens is 2. The number of nitrogens with two attached hydrogens (primary N) is 1. The summed E-state index contributed by atoms with van der Waals surface area (Å²) in [6.45, 7) is 1.93. The molecule has 1 saturated heterocycles. The molecule has 1 atom stereocenters. The normalized spacial score (nSPS) is 18.0. The number of rotatable bonds is 4. The van der Waals surface area contributed by atoms with Crippen molar-refractivity contribution >= 4 is 22.8 Å². The van der Waals surface area contributed by atoms with Crippen LogP contribution in [-0.2, 0) is 6.54 Å². The zero-order chi connectivity index (χ0) is 17.4. The molecule has 4 rings (SSSR count). The second-order valence-corrected chi connectivity index (χ2v) is 6.76. The topological polar surface area (TPSA) is 64.2 Å². The summed E-state index contributed by atoms with van der Waals surface area (Å²) in [6, 6.07) is 15.4. The molecule has 0 spiro atoms. The first-order valence-corrected chi connectivity index (χ1v) is 8.69.